The highest BCUT2D eigenvalue weighted by atomic mass is 16.3. The molecule has 0 atom stereocenters. The normalized spacial score (nSPS) is 17.1. The van der Waals surface area contributed by atoms with Crippen molar-refractivity contribution in [1.29, 1.82) is 5.26 Å². The summed E-state index contributed by atoms with van der Waals surface area (Å²) in [6, 6.07) is 5.86. The summed E-state index contributed by atoms with van der Waals surface area (Å²) in [6.45, 7) is 4.52. The van der Waals surface area contributed by atoms with Gasteiger partial charge in [-0.05, 0) is 31.9 Å². The van der Waals surface area contributed by atoms with Gasteiger partial charge in [-0.15, -0.1) is 0 Å². The van der Waals surface area contributed by atoms with Gasteiger partial charge in [0.1, 0.15) is 5.76 Å². The third-order valence-corrected chi connectivity index (χ3v) is 3.43. The van der Waals surface area contributed by atoms with E-state index in [1.54, 1.807) is 12.1 Å². The monoisotopic (exact) mass is 261 g/mol. The lowest BCUT2D eigenvalue weighted by molar-refractivity contribution is 0.0882. The van der Waals surface area contributed by atoms with Crippen LogP contribution in [0.2, 0.25) is 0 Å². The molecule has 0 radical (unpaired) electrons. The molecule has 1 fully saturated rings. The Labute approximate surface area is 113 Å². The Morgan fingerprint density at radius 2 is 2.26 bits per heavy atom. The number of piperidine rings is 1. The van der Waals surface area contributed by atoms with E-state index in [1.165, 1.54) is 0 Å². The molecule has 1 aromatic rings. The zero-order valence-corrected chi connectivity index (χ0v) is 11.2. The molecule has 2 heterocycles. The van der Waals surface area contributed by atoms with E-state index >= 15 is 0 Å². The molecule has 2 rings (SSSR count). The molecule has 1 amide bonds. The third-order valence-electron chi connectivity index (χ3n) is 3.43. The minimum absolute atomic E-state index is 0.136. The van der Waals surface area contributed by atoms with Gasteiger partial charge in [-0.2, -0.15) is 5.26 Å². The Hall–Kier alpha value is -1.80. The minimum Gasteiger partial charge on any atom is -0.456 e. The number of nitrogens with zero attached hydrogens (tertiary/aromatic N) is 2. The van der Waals surface area contributed by atoms with E-state index in [9.17, 15) is 4.79 Å². The topological polar surface area (TPSA) is 69.3 Å². The molecule has 0 bridgehead atoms. The first-order chi connectivity index (χ1) is 9.19. The summed E-state index contributed by atoms with van der Waals surface area (Å²) in [5.41, 5.74) is 0. The number of hydrogen-bond donors (Lipinski definition) is 1. The number of nitriles is 1. The standard InChI is InChI=1S/C14H19N3O2/c1-11-3-4-13(19-11)14(18)16-12-5-9-17(10-6-12)8-2-7-15/h3-4,12H,2,5-6,8-10H2,1H3,(H,16,18). The van der Waals surface area contributed by atoms with E-state index in [1.807, 2.05) is 6.92 Å². The number of rotatable bonds is 4. The van der Waals surface area contributed by atoms with Gasteiger partial charge >= 0.3 is 0 Å². The van der Waals surface area contributed by atoms with Crippen LogP contribution in [-0.4, -0.2) is 36.5 Å². The first-order valence-corrected chi connectivity index (χ1v) is 6.65. The third kappa shape index (κ3) is 3.83. The summed E-state index contributed by atoms with van der Waals surface area (Å²) >= 11 is 0. The van der Waals surface area contributed by atoms with E-state index in [-0.39, 0.29) is 11.9 Å². The molecule has 5 nitrogen and oxygen atoms in total. The maximum atomic E-state index is 11.9. The van der Waals surface area contributed by atoms with Crippen molar-refractivity contribution in [2.75, 3.05) is 19.6 Å². The van der Waals surface area contributed by atoms with Gasteiger partial charge in [-0.3, -0.25) is 4.79 Å². The molecular weight excluding hydrogens is 242 g/mol. The maximum Gasteiger partial charge on any atom is 0.287 e. The van der Waals surface area contributed by atoms with Crippen molar-refractivity contribution in [3.05, 3.63) is 23.7 Å². The predicted octanol–water partition coefficient (Wildman–Crippen LogP) is 1.70. The Morgan fingerprint density at radius 1 is 1.53 bits per heavy atom. The second-order valence-corrected chi connectivity index (χ2v) is 4.91. The molecule has 102 valence electrons. The number of nitrogens with one attached hydrogen (secondary N) is 1. The van der Waals surface area contributed by atoms with Crippen LogP contribution in [0, 0.1) is 18.3 Å². The maximum absolute atomic E-state index is 11.9. The molecule has 1 aliphatic heterocycles. The first kappa shape index (κ1) is 13.6. The van der Waals surface area contributed by atoms with Crippen LogP contribution in [0.25, 0.3) is 0 Å². The van der Waals surface area contributed by atoms with Crippen molar-refractivity contribution >= 4 is 5.91 Å². The quantitative estimate of drug-likeness (QED) is 0.895. The second kappa shape index (κ2) is 6.39. The molecule has 0 aromatic carbocycles. The highest BCUT2D eigenvalue weighted by molar-refractivity contribution is 5.91. The lowest BCUT2D eigenvalue weighted by atomic mass is 10.0. The van der Waals surface area contributed by atoms with Crippen LogP contribution >= 0.6 is 0 Å². The summed E-state index contributed by atoms with van der Waals surface area (Å²) in [5.74, 6) is 0.990. The molecule has 0 unspecified atom stereocenters. The van der Waals surface area contributed by atoms with E-state index in [4.69, 9.17) is 9.68 Å². The first-order valence-electron chi connectivity index (χ1n) is 6.65. The molecule has 0 saturated carbocycles. The van der Waals surface area contributed by atoms with Crippen molar-refractivity contribution in [2.24, 2.45) is 0 Å². The Balaban J connectivity index is 1.76. The SMILES string of the molecule is Cc1ccc(C(=O)NC2CCN(CCC#N)CC2)o1. The van der Waals surface area contributed by atoms with Gasteiger partial charge in [0.15, 0.2) is 5.76 Å². The van der Waals surface area contributed by atoms with E-state index < -0.39 is 0 Å². The smallest absolute Gasteiger partial charge is 0.287 e. The van der Waals surface area contributed by atoms with Crippen LogP contribution in [0.5, 0.6) is 0 Å². The van der Waals surface area contributed by atoms with Crippen molar-refractivity contribution in [3.8, 4) is 6.07 Å². The number of aryl methyl sites for hydroxylation is 1. The van der Waals surface area contributed by atoms with Crippen LogP contribution in [0.15, 0.2) is 16.5 Å². The van der Waals surface area contributed by atoms with Gasteiger partial charge in [-0.1, -0.05) is 0 Å². The number of furan rings is 1. The number of carbonyl (C=O) groups excluding carboxylic acids is 1. The van der Waals surface area contributed by atoms with Gasteiger partial charge in [-0.25, -0.2) is 0 Å². The van der Waals surface area contributed by atoms with Crippen LogP contribution in [0.3, 0.4) is 0 Å². The lowest BCUT2D eigenvalue weighted by Crippen LogP contribution is -2.44. The fraction of sp³-hybridized carbons (Fsp3) is 0.571. The summed E-state index contributed by atoms with van der Waals surface area (Å²) in [4.78, 5) is 14.2. The van der Waals surface area contributed by atoms with Crippen LogP contribution in [0.4, 0.5) is 0 Å². The fourth-order valence-electron chi connectivity index (χ4n) is 2.32. The number of likely N-dealkylation sites (tertiary alicyclic amines) is 1. The van der Waals surface area contributed by atoms with Gasteiger partial charge in [0.2, 0.25) is 0 Å². The van der Waals surface area contributed by atoms with E-state index in [2.05, 4.69) is 16.3 Å². The minimum atomic E-state index is -0.136. The molecule has 1 N–H and O–H groups in total. The Bertz CT molecular complexity index is 467. The highest BCUT2D eigenvalue weighted by Gasteiger charge is 2.21. The molecule has 1 aliphatic rings. The number of carbonyl (C=O) groups is 1. The summed E-state index contributed by atoms with van der Waals surface area (Å²) in [7, 11) is 0. The van der Waals surface area contributed by atoms with E-state index in [0.717, 1.165) is 38.2 Å². The van der Waals surface area contributed by atoms with Gasteiger partial charge in [0, 0.05) is 32.1 Å². The average Bonchev–Trinajstić information content (AvgIpc) is 2.85. The Kier molecular flexibility index (Phi) is 4.58. The van der Waals surface area contributed by atoms with Gasteiger partial charge < -0.3 is 14.6 Å². The second-order valence-electron chi connectivity index (χ2n) is 4.91. The van der Waals surface area contributed by atoms with Crippen molar-refractivity contribution in [1.82, 2.24) is 10.2 Å². The Morgan fingerprint density at radius 3 is 2.84 bits per heavy atom. The lowest BCUT2D eigenvalue weighted by Gasteiger charge is -2.31. The summed E-state index contributed by atoms with van der Waals surface area (Å²) < 4.78 is 5.30. The van der Waals surface area contributed by atoms with Crippen molar-refractivity contribution in [3.63, 3.8) is 0 Å². The zero-order chi connectivity index (χ0) is 13.7. The van der Waals surface area contributed by atoms with Crippen LogP contribution in [0.1, 0.15) is 35.6 Å². The average molecular weight is 261 g/mol. The molecule has 0 aliphatic carbocycles. The fourth-order valence-corrected chi connectivity index (χ4v) is 2.32. The molecule has 0 spiro atoms. The van der Waals surface area contributed by atoms with Crippen molar-refractivity contribution < 1.29 is 9.21 Å². The van der Waals surface area contributed by atoms with E-state index in [0.29, 0.717) is 12.2 Å². The molecule has 1 saturated heterocycles. The number of amides is 1. The predicted molar refractivity (Wildman–Crippen MR) is 70.6 cm³/mol. The van der Waals surface area contributed by atoms with Crippen molar-refractivity contribution in [2.45, 2.75) is 32.2 Å². The summed E-state index contributed by atoms with van der Waals surface area (Å²) in [6.07, 6.45) is 2.43. The van der Waals surface area contributed by atoms with Gasteiger partial charge in [0.05, 0.1) is 6.07 Å². The largest absolute Gasteiger partial charge is 0.456 e. The number of hydrogen-bond acceptors (Lipinski definition) is 4. The highest BCUT2D eigenvalue weighted by Crippen LogP contribution is 2.12. The molecule has 5 heteroatoms. The molecular formula is C14H19N3O2. The molecule has 19 heavy (non-hydrogen) atoms. The van der Waals surface area contributed by atoms with Crippen LogP contribution in [-0.2, 0) is 0 Å². The zero-order valence-electron chi connectivity index (χ0n) is 11.2. The molecule has 1 aromatic heterocycles. The van der Waals surface area contributed by atoms with Crippen LogP contribution < -0.4 is 5.32 Å². The van der Waals surface area contributed by atoms with Gasteiger partial charge in [0.25, 0.3) is 5.91 Å². The summed E-state index contributed by atoms with van der Waals surface area (Å²) in [5, 5.41) is 11.6.